The third kappa shape index (κ3) is 5.05. The van der Waals surface area contributed by atoms with Crippen molar-refractivity contribution in [2.45, 2.75) is 31.8 Å². The van der Waals surface area contributed by atoms with Crippen molar-refractivity contribution in [2.24, 2.45) is 0 Å². The van der Waals surface area contributed by atoms with Crippen LogP contribution in [0.15, 0.2) is 36.4 Å². The van der Waals surface area contributed by atoms with E-state index in [9.17, 15) is 4.79 Å². The SMILES string of the molecule is COc1ccc(CNC(=O)C[NH+]2CCC[C@@H]2c2ccc3c(c2)OCCCO3)cc1OC. The minimum absolute atomic E-state index is 0.0472. The summed E-state index contributed by atoms with van der Waals surface area (Å²) in [5, 5.41) is 3.04. The standard InChI is InChI=1S/C24H30N2O5/c1-28-20-8-6-17(13-22(20)29-2)15-25-24(27)16-26-10-3-5-19(26)18-7-9-21-23(14-18)31-12-4-11-30-21/h6-9,13-14,19H,3-5,10-12,15-16H2,1-2H3,(H,25,27)/p+1/t19-/m1/s1. The summed E-state index contributed by atoms with van der Waals surface area (Å²) in [7, 11) is 3.22. The zero-order valence-electron chi connectivity index (χ0n) is 18.2. The molecule has 7 heteroatoms. The van der Waals surface area contributed by atoms with Gasteiger partial charge in [-0.15, -0.1) is 0 Å². The summed E-state index contributed by atoms with van der Waals surface area (Å²) in [6.07, 6.45) is 3.07. The second-order valence-electron chi connectivity index (χ2n) is 8.00. The van der Waals surface area contributed by atoms with Crippen LogP contribution in [0.5, 0.6) is 23.0 Å². The average Bonchev–Trinajstić information content (AvgIpc) is 3.12. The molecule has 0 bridgehead atoms. The van der Waals surface area contributed by atoms with Crippen molar-refractivity contribution >= 4 is 5.91 Å². The molecule has 1 amide bonds. The number of carbonyl (C=O) groups is 1. The Bertz CT molecular complexity index is 917. The number of amides is 1. The molecule has 2 aliphatic heterocycles. The van der Waals surface area contributed by atoms with Gasteiger partial charge in [0.15, 0.2) is 29.5 Å². The van der Waals surface area contributed by atoms with Gasteiger partial charge in [-0.1, -0.05) is 6.07 Å². The van der Waals surface area contributed by atoms with Crippen LogP contribution in [0.4, 0.5) is 0 Å². The van der Waals surface area contributed by atoms with E-state index in [4.69, 9.17) is 18.9 Å². The van der Waals surface area contributed by atoms with Crippen molar-refractivity contribution in [1.29, 1.82) is 0 Å². The zero-order chi connectivity index (χ0) is 21.6. The summed E-state index contributed by atoms with van der Waals surface area (Å²) in [5.41, 5.74) is 2.19. The monoisotopic (exact) mass is 427 g/mol. The van der Waals surface area contributed by atoms with Crippen LogP contribution in [0.3, 0.4) is 0 Å². The third-order valence-corrected chi connectivity index (χ3v) is 5.98. The van der Waals surface area contributed by atoms with Gasteiger partial charge in [0.2, 0.25) is 0 Å². The second-order valence-corrected chi connectivity index (χ2v) is 8.00. The van der Waals surface area contributed by atoms with E-state index in [-0.39, 0.29) is 5.91 Å². The summed E-state index contributed by atoms with van der Waals surface area (Å²) < 4.78 is 22.2. The van der Waals surface area contributed by atoms with Crippen LogP contribution in [0.25, 0.3) is 0 Å². The van der Waals surface area contributed by atoms with Crippen LogP contribution in [0, 0.1) is 0 Å². The quantitative estimate of drug-likeness (QED) is 0.706. The van der Waals surface area contributed by atoms with Gasteiger partial charge in [-0.2, -0.15) is 0 Å². The van der Waals surface area contributed by atoms with Gasteiger partial charge in [0.25, 0.3) is 5.91 Å². The summed E-state index contributed by atoms with van der Waals surface area (Å²) in [6.45, 7) is 3.26. The molecule has 0 aromatic heterocycles. The van der Waals surface area contributed by atoms with Gasteiger partial charge in [0.1, 0.15) is 6.04 Å². The molecule has 1 saturated heterocycles. The molecule has 7 nitrogen and oxygen atoms in total. The highest BCUT2D eigenvalue weighted by Crippen LogP contribution is 2.33. The number of ether oxygens (including phenoxy) is 4. The fourth-order valence-electron chi connectivity index (χ4n) is 4.38. The van der Waals surface area contributed by atoms with Crippen LogP contribution in [0.2, 0.25) is 0 Å². The molecular formula is C24H31N2O5+. The van der Waals surface area contributed by atoms with Gasteiger partial charge in [-0.25, -0.2) is 0 Å². The van der Waals surface area contributed by atoms with Crippen molar-refractivity contribution in [3.05, 3.63) is 47.5 Å². The number of rotatable bonds is 7. The average molecular weight is 428 g/mol. The molecule has 1 fully saturated rings. The first-order valence-electron chi connectivity index (χ1n) is 10.9. The molecule has 0 saturated carbocycles. The summed E-state index contributed by atoms with van der Waals surface area (Å²) in [5.74, 6) is 3.02. The Kier molecular flexibility index (Phi) is 6.82. The molecule has 2 aliphatic rings. The molecule has 31 heavy (non-hydrogen) atoms. The smallest absolute Gasteiger partial charge is 0.275 e. The lowest BCUT2D eigenvalue weighted by Gasteiger charge is -2.22. The van der Waals surface area contributed by atoms with Gasteiger partial charge in [0, 0.05) is 31.4 Å². The number of nitrogens with one attached hydrogen (secondary N) is 2. The largest absolute Gasteiger partial charge is 0.493 e. The van der Waals surface area contributed by atoms with Crippen molar-refractivity contribution in [2.75, 3.05) is 40.5 Å². The predicted octanol–water partition coefficient (Wildman–Crippen LogP) is 1.90. The van der Waals surface area contributed by atoms with Gasteiger partial charge >= 0.3 is 0 Å². The number of likely N-dealkylation sites (tertiary alicyclic amines) is 1. The predicted molar refractivity (Wildman–Crippen MR) is 116 cm³/mol. The molecular weight excluding hydrogens is 396 g/mol. The summed E-state index contributed by atoms with van der Waals surface area (Å²) in [6, 6.07) is 12.2. The Labute approximate surface area is 183 Å². The Hall–Kier alpha value is -2.93. The lowest BCUT2D eigenvalue weighted by atomic mass is 10.0. The first-order valence-corrected chi connectivity index (χ1v) is 10.9. The second kappa shape index (κ2) is 9.92. The molecule has 2 aromatic rings. The Morgan fingerprint density at radius 3 is 2.65 bits per heavy atom. The molecule has 2 heterocycles. The molecule has 1 unspecified atom stereocenters. The number of fused-ring (bicyclic) bond motifs is 1. The number of quaternary nitrogens is 1. The van der Waals surface area contributed by atoms with Crippen LogP contribution in [-0.2, 0) is 11.3 Å². The van der Waals surface area contributed by atoms with E-state index in [1.165, 1.54) is 10.5 Å². The lowest BCUT2D eigenvalue weighted by molar-refractivity contribution is -0.910. The summed E-state index contributed by atoms with van der Waals surface area (Å²) >= 11 is 0. The first kappa shape index (κ1) is 21.3. The van der Waals surface area contributed by atoms with E-state index < -0.39 is 0 Å². The molecule has 0 radical (unpaired) electrons. The normalized spacial score (nSPS) is 20.1. The van der Waals surface area contributed by atoms with Crippen molar-refractivity contribution in [3.63, 3.8) is 0 Å². The van der Waals surface area contributed by atoms with Crippen molar-refractivity contribution in [3.8, 4) is 23.0 Å². The number of hydrogen-bond acceptors (Lipinski definition) is 5. The minimum atomic E-state index is 0.0472. The maximum absolute atomic E-state index is 12.7. The van der Waals surface area contributed by atoms with E-state index in [0.29, 0.717) is 43.8 Å². The Balaban J connectivity index is 1.36. The zero-order valence-corrected chi connectivity index (χ0v) is 18.2. The van der Waals surface area contributed by atoms with Crippen LogP contribution >= 0.6 is 0 Å². The molecule has 2 aromatic carbocycles. The maximum atomic E-state index is 12.7. The van der Waals surface area contributed by atoms with Gasteiger partial charge < -0.3 is 29.2 Å². The Morgan fingerprint density at radius 2 is 1.84 bits per heavy atom. The third-order valence-electron chi connectivity index (χ3n) is 5.98. The van der Waals surface area contributed by atoms with Gasteiger partial charge in [-0.3, -0.25) is 4.79 Å². The van der Waals surface area contributed by atoms with E-state index in [1.54, 1.807) is 14.2 Å². The van der Waals surface area contributed by atoms with E-state index >= 15 is 0 Å². The van der Waals surface area contributed by atoms with Crippen molar-refractivity contribution < 1.29 is 28.6 Å². The molecule has 4 rings (SSSR count). The van der Waals surface area contributed by atoms with Crippen LogP contribution in [-0.4, -0.2) is 46.4 Å². The van der Waals surface area contributed by atoms with Crippen molar-refractivity contribution in [1.82, 2.24) is 5.32 Å². The van der Waals surface area contributed by atoms with E-state index in [1.807, 2.05) is 24.3 Å². The van der Waals surface area contributed by atoms with E-state index in [0.717, 1.165) is 42.9 Å². The molecule has 0 aliphatic carbocycles. The summed E-state index contributed by atoms with van der Waals surface area (Å²) in [4.78, 5) is 14.0. The van der Waals surface area contributed by atoms with Crippen LogP contribution in [0.1, 0.15) is 36.4 Å². The highest BCUT2D eigenvalue weighted by Gasteiger charge is 2.32. The highest BCUT2D eigenvalue weighted by molar-refractivity contribution is 5.76. The maximum Gasteiger partial charge on any atom is 0.275 e. The lowest BCUT2D eigenvalue weighted by Crippen LogP contribution is -3.11. The number of benzene rings is 2. The molecule has 2 N–H and O–H groups in total. The number of carbonyl (C=O) groups excluding carboxylic acids is 1. The Morgan fingerprint density at radius 1 is 1.03 bits per heavy atom. The van der Waals surface area contributed by atoms with Crippen LogP contribution < -0.4 is 29.2 Å². The first-order chi connectivity index (χ1) is 15.2. The molecule has 166 valence electrons. The molecule has 0 spiro atoms. The van der Waals surface area contributed by atoms with Gasteiger partial charge in [0.05, 0.1) is 34.0 Å². The fourth-order valence-corrected chi connectivity index (χ4v) is 4.38. The van der Waals surface area contributed by atoms with Gasteiger partial charge in [-0.05, 0) is 35.9 Å². The fraction of sp³-hybridized carbons (Fsp3) is 0.458. The number of hydrogen-bond donors (Lipinski definition) is 2. The van der Waals surface area contributed by atoms with E-state index in [2.05, 4.69) is 17.4 Å². The highest BCUT2D eigenvalue weighted by atomic mass is 16.5. The molecule has 2 atom stereocenters. The topological polar surface area (TPSA) is 70.5 Å². The number of methoxy groups -OCH3 is 2. The minimum Gasteiger partial charge on any atom is -0.493 e.